The molecule has 25 heavy (non-hydrogen) atoms. The molecular formula is C23H34N2. The molecule has 2 aromatic carbocycles. The Hall–Kier alpha value is -1.64. The SMILES string of the molecule is CN(Cc1ccccc1)C(C)(C)Cc1cccc(CNC(C)(C)C)c1. The van der Waals surface area contributed by atoms with Gasteiger partial charge in [0.2, 0.25) is 0 Å². The second-order valence-corrected chi connectivity index (χ2v) is 8.75. The minimum absolute atomic E-state index is 0.103. The van der Waals surface area contributed by atoms with Crippen molar-refractivity contribution in [1.82, 2.24) is 10.2 Å². The van der Waals surface area contributed by atoms with Gasteiger partial charge < -0.3 is 5.32 Å². The molecule has 0 aromatic heterocycles. The van der Waals surface area contributed by atoms with E-state index in [2.05, 4.69) is 106 Å². The fourth-order valence-corrected chi connectivity index (χ4v) is 2.92. The smallest absolute Gasteiger partial charge is 0.0236 e. The van der Waals surface area contributed by atoms with E-state index in [-0.39, 0.29) is 11.1 Å². The second kappa shape index (κ2) is 8.16. The molecular weight excluding hydrogens is 304 g/mol. The van der Waals surface area contributed by atoms with Crippen LogP contribution in [0.2, 0.25) is 0 Å². The molecule has 0 spiro atoms. The zero-order valence-electron chi connectivity index (χ0n) is 16.8. The van der Waals surface area contributed by atoms with Gasteiger partial charge in [0.1, 0.15) is 0 Å². The molecule has 0 aliphatic carbocycles. The summed E-state index contributed by atoms with van der Waals surface area (Å²) in [5.74, 6) is 0. The second-order valence-electron chi connectivity index (χ2n) is 8.75. The lowest BCUT2D eigenvalue weighted by Gasteiger charge is -2.36. The van der Waals surface area contributed by atoms with Gasteiger partial charge in [0.15, 0.2) is 0 Å². The first kappa shape index (κ1) is 19.7. The van der Waals surface area contributed by atoms with Crippen LogP contribution in [0.3, 0.4) is 0 Å². The summed E-state index contributed by atoms with van der Waals surface area (Å²) in [5.41, 5.74) is 4.37. The molecule has 2 nitrogen and oxygen atoms in total. The predicted molar refractivity (Wildman–Crippen MR) is 109 cm³/mol. The van der Waals surface area contributed by atoms with Gasteiger partial charge in [0.05, 0.1) is 0 Å². The number of rotatable bonds is 7. The van der Waals surface area contributed by atoms with Gasteiger partial charge in [-0.1, -0.05) is 54.6 Å². The lowest BCUT2D eigenvalue weighted by molar-refractivity contribution is 0.147. The Labute approximate surface area is 154 Å². The first-order valence-corrected chi connectivity index (χ1v) is 9.24. The van der Waals surface area contributed by atoms with E-state index < -0.39 is 0 Å². The fourth-order valence-electron chi connectivity index (χ4n) is 2.92. The van der Waals surface area contributed by atoms with Crippen LogP contribution >= 0.6 is 0 Å². The highest BCUT2D eigenvalue weighted by atomic mass is 15.2. The van der Waals surface area contributed by atoms with Crippen LogP contribution in [-0.2, 0) is 19.5 Å². The Balaban J connectivity index is 2.01. The maximum atomic E-state index is 3.57. The highest BCUT2D eigenvalue weighted by Gasteiger charge is 2.24. The lowest BCUT2D eigenvalue weighted by atomic mass is 9.92. The number of likely N-dealkylation sites (N-methyl/N-ethyl adjacent to an activating group) is 1. The minimum atomic E-state index is 0.103. The van der Waals surface area contributed by atoms with Gasteiger partial charge in [-0.3, -0.25) is 4.90 Å². The Kier molecular flexibility index (Phi) is 6.42. The first-order chi connectivity index (χ1) is 11.7. The standard InChI is InChI=1S/C23H34N2/c1-22(2,3)24-17-21-14-10-13-20(15-21)16-23(4,5)25(6)18-19-11-8-7-9-12-19/h7-15,24H,16-18H2,1-6H3. The highest BCUT2D eigenvalue weighted by molar-refractivity contribution is 5.25. The first-order valence-electron chi connectivity index (χ1n) is 9.24. The number of hydrogen-bond acceptors (Lipinski definition) is 2. The molecule has 0 fully saturated rings. The van der Waals surface area contributed by atoms with Crippen LogP contribution in [-0.4, -0.2) is 23.0 Å². The van der Waals surface area contributed by atoms with E-state index in [1.807, 2.05) is 0 Å². The maximum Gasteiger partial charge on any atom is 0.0236 e. The van der Waals surface area contributed by atoms with Crippen molar-refractivity contribution < 1.29 is 0 Å². The van der Waals surface area contributed by atoms with E-state index in [0.29, 0.717) is 0 Å². The van der Waals surface area contributed by atoms with Crippen LogP contribution < -0.4 is 5.32 Å². The van der Waals surface area contributed by atoms with Gasteiger partial charge in [-0.05, 0) is 64.8 Å². The molecule has 0 unspecified atom stereocenters. The zero-order chi connectivity index (χ0) is 18.5. The predicted octanol–water partition coefficient (Wildman–Crippen LogP) is 5.03. The van der Waals surface area contributed by atoms with Crippen molar-refractivity contribution in [1.29, 1.82) is 0 Å². The van der Waals surface area contributed by atoms with E-state index in [9.17, 15) is 0 Å². The molecule has 2 aromatic rings. The van der Waals surface area contributed by atoms with Gasteiger partial charge in [-0.2, -0.15) is 0 Å². The molecule has 0 saturated heterocycles. The van der Waals surface area contributed by atoms with Crippen LogP contribution in [0.25, 0.3) is 0 Å². The van der Waals surface area contributed by atoms with E-state index in [1.165, 1.54) is 16.7 Å². The van der Waals surface area contributed by atoms with Crippen molar-refractivity contribution in [3.8, 4) is 0 Å². The molecule has 0 atom stereocenters. The van der Waals surface area contributed by atoms with Crippen LogP contribution in [0.5, 0.6) is 0 Å². The summed E-state index contributed by atoms with van der Waals surface area (Å²) < 4.78 is 0. The fraction of sp³-hybridized carbons (Fsp3) is 0.478. The summed E-state index contributed by atoms with van der Waals surface area (Å²) in [6.07, 6.45) is 1.04. The maximum absolute atomic E-state index is 3.57. The summed E-state index contributed by atoms with van der Waals surface area (Å²) >= 11 is 0. The monoisotopic (exact) mass is 338 g/mol. The zero-order valence-corrected chi connectivity index (χ0v) is 16.8. The summed E-state index contributed by atoms with van der Waals surface area (Å²) in [6.45, 7) is 13.2. The Bertz CT molecular complexity index is 653. The topological polar surface area (TPSA) is 15.3 Å². The van der Waals surface area contributed by atoms with Crippen molar-refractivity contribution in [2.24, 2.45) is 0 Å². The molecule has 0 heterocycles. The molecule has 0 aliphatic rings. The summed E-state index contributed by atoms with van der Waals surface area (Å²) in [5, 5.41) is 3.57. The molecule has 0 aliphatic heterocycles. The van der Waals surface area contributed by atoms with Gasteiger partial charge in [0, 0.05) is 24.2 Å². The van der Waals surface area contributed by atoms with Gasteiger partial charge in [-0.15, -0.1) is 0 Å². The molecule has 2 rings (SSSR count). The van der Waals surface area contributed by atoms with Crippen molar-refractivity contribution in [2.45, 2.75) is 65.2 Å². The number of benzene rings is 2. The van der Waals surface area contributed by atoms with Crippen LogP contribution in [0, 0.1) is 0 Å². The molecule has 0 amide bonds. The van der Waals surface area contributed by atoms with Crippen molar-refractivity contribution in [3.05, 3.63) is 71.3 Å². The quantitative estimate of drug-likeness (QED) is 0.762. The molecule has 136 valence electrons. The van der Waals surface area contributed by atoms with Gasteiger partial charge in [-0.25, -0.2) is 0 Å². The summed E-state index contributed by atoms with van der Waals surface area (Å²) in [4.78, 5) is 2.45. The van der Waals surface area contributed by atoms with E-state index >= 15 is 0 Å². The van der Waals surface area contributed by atoms with Crippen molar-refractivity contribution >= 4 is 0 Å². The van der Waals surface area contributed by atoms with Crippen LogP contribution in [0.15, 0.2) is 54.6 Å². The van der Waals surface area contributed by atoms with Crippen molar-refractivity contribution in [3.63, 3.8) is 0 Å². The van der Waals surface area contributed by atoms with E-state index in [4.69, 9.17) is 0 Å². The molecule has 1 N–H and O–H groups in total. The third-order valence-corrected chi connectivity index (χ3v) is 4.75. The third kappa shape index (κ3) is 6.64. The highest BCUT2D eigenvalue weighted by Crippen LogP contribution is 2.22. The van der Waals surface area contributed by atoms with E-state index in [0.717, 1.165) is 19.5 Å². The Morgan fingerprint density at radius 3 is 2.04 bits per heavy atom. The van der Waals surface area contributed by atoms with Gasteiger partial charge in [0.25, 0.3) is 0 Å². The molecule has 0 bridgehead atoms. The third-order valence-electron chi connectivity index (χ3n) is 4.75. The average molecular weight is 339 g/mol. The lowest BCUT2D eigenvalue weighted by Crippen LogP contribution is -2.42. The summed E-state index contributed by atoms with van der Waals surface area (Å²) in [7, 11) is 2.22. The number of nitrogens with zero attached hydrogens (tertiary/aromatic N) is 1. The molecule has 0 saturated carbocycles. The van der Waals surface area contributed by atoms with Gasteiger partial charge >= 0.3 is 0 Å². The normalized spacial score (nSPS) is 12.6. The van der Waals surface area contributed by atoms with Crippen LogP contribution in [0.1, 0.15) is 51.3 Å². The number of nitrogens with one attached hydrogen (secondary N) is 1. The minimum Gasteiger partial charge on any atom is -0.308 e. The average Bonchev–Trinajstić information content (AvgIpc) is 2.53. The van der Waals surface area contributed by atoms with Crippen molar-refractivity contribution in [2.75, 3.05) is 7.05 Å². The largest absolute Gasteiger partial charge is 0.308 e. The Morgan fingerprint density at radius 2 is 1.40 bits per heavy atom. The molecule has 0 radical (unpaired) electrons. The number of hydrogen-bond donors (Lipinski definition) is 1. The molecule has 2 heteroatoms. The van der Waals surface area contributed by atoms with E-state index in [1.54, 1.807) is 0 Å². The van der Waals surface area contributed by atoms with Crippen LogP contribution in [0.4, 0.5) is 0 Å². The Morgan fingerprint density at radius 1 is 0.800 bits per heavy atom. The summed E-state index contributed by atoms with van der Waals surface area (Å²) in [6, 6.07) is 19.7.